The van der Waals surface area contributed by atoms with Gasteiger partial charge in [0.25, 0.3) is 5.91 Å². The smallest absolute Gasteiger partial charge is 0.340 e. The number of nitrogens with zero attached hydrogens (tertiary/aromatic N) is 2. The molecule has 0 bridgehead atoms. The van der Waals surface area contributed by atoms with E-state index in [2.05, 4.69) is 15.8 Å². The second kappa shape index (κ2) is 10.1. The highest BCUT2D eigenvalue weighted by atomic mass is 16.7. The number of para-hydroxylation sites is 1. The van der Waals surface area contributed by atoms with Crippen molar-refractivity contribution in [2.75, 3.05) is 25.3 Å². The van der Waals surface area contributed by atoms with Crippen molar-refractivity contribution in [2.45, 2.75) is 20.8 Å². The first kappa shape index (κ1) is 22.9. The van der Waals surface area contributed by atoms with E-state index in [9.17, 15) is 9.59 Å². The van der Waals surface area contributed by atoms with Crippen LogP contribution >= 0.6 is 0 Å². The summed E-state index contributed by atoms with van der Waals surface area (Å²) in [6.07, 6.45) is 1.59. The van der Waals surface area contributed by atoms with E-state index >= 15 is 0 Å². The fourth-order valence-corrected chi connectivity index (χ4v) is 3.74. The number of rotatable bonds is 8. The van der Waals surface area contributed by atoms with E-state index in [1.807, 2.05) is 42.7 Å². The van der Waals surface area contributed by atoms with Gasteiger partial charge in [-0.15, -0.1) is 0 Å². The Morgan fingerprint density at radius 3 is 2.74 bits per heavy atom. The van der Waals surface area contributed by atoms with Gasteiger partial charge in [0.05, 0.1) is 30.6 Å². The highest BCUT2D eigenvalue weighted by molar-refractivity contribution is 5.94. The molecule has 0 aliphatic carbocycles. The Morgan fingerprint density at radius 1 is 1.12 bits per heavy atom. The topological polar surface area (TPSA) is 103 Å². The second-order valence-corrected chi connectivity index (χ2v) is 7.61. The van der Waals surface area contributed by atoms with Crippen molar-refractivity contribution in [1.29, 1.82) is 0 Å². The molecule has 0 spiro atoms. The summed E-state index contributed by atoms with van der Waals surface area (Å²) < 4.78 is 17.8. The number of hydrazone groups is 1. The van der Waals surface area contributed by atoms with E-state index in [4.69, 9.17) is 14.2 Å². The molecule has 176 valence electrons. The third-order valence-corrected chi connectivity index (χ3v) is 5.33. The Kier molecular flexibility index (Phi) is 6.82. The van der Waals surface area contributed by atoms with Crippen LogP contribution in [0.3, 0.4) is 0 Å². The zero-order valence-corrected chi connectivity index (χ0v) is 19.3. The lowest BCUT2D eigenvalue weighted by atomic mass is 10.1. The molecular formula is C25H26N4O5. The number of amides is 1. The molecule has 0 atom stereocenters. The molecule has 2 aromatic carbocycles. The Labute approximate surface area is 197 Å². The number of fused-ring (bicyclic) bond motifs is 1. The highest BCUT2D eigenvalue weighted by Gasteiger charge is 2.17. The Bertz CT molecular complexity index is 1250. The number of ether oxygens (including phenoxy) is 3. The van der Waals surface area contributed by atoms with Gasteiger partial charge in [-0.3, -0.25) is 4.79 Å². The Balaban J connectivity index is 1.41. The fraction of sp³-hybridized carbons (Fsp3) is 0.240. The van der Waals surface area contributed by atoms with Gasteiger partial charge in [0.15, 0.2) is 11.5 Å². The minimum atomic E-state index is -0.372. The van der Waals surface area contributed by atoms with Gasteiger partial charge >= 0.3 is 5.97 Å². The lowest BCUT2D eigenvalue weighted by Gasteiger charge is -2.14. The standard InChI is InChI=1S/C25H26N4O5/c1-4-32-25(31)20-7-5-6-8-21(20)29-16(2)11-18(17(29)3)13-27-28-24(30)14-26-19-9-10-22-23(12-19)34-15-33-22/h5-13,26H,4,14-15H2,1-3H3,(H,28,30)/b27-13-. The van der Waals surface area contributed by atoms with Crippen LogP contribution in [0.15, 0.2) is 53.6 Å². The van der Waals surface area contributed by atoms with Crippen LogP contribution in [0.5, 0.6) is 11.5 Å². The maximum atomic E-state index is 12.4. The molecule has 9 nitrogen and oxygen atoms in total. The van der Waals surface area contributed by atoms with Gasteiger partial charge in [0.2, 0.25) is 6.79 Å². The van der Waals surface area contributed by atoms with E-state index in [0.717, 1.165) is 28.3 Å². The first-order chi connectivity index (χ1) is 16.5. The van der Waals surface area contributed by atoms with Crippen molar-refractivity contribution in [1.82, 2.24) is 9.99 Å². The first-order valence-corrected chi connectivity index (χ1v) is 10.9. The van der Waals surface area contributed by atoms with Crippen LogP contribution in [0, 0.1) is 13.8 Å². The van der Waals surface area contributed by atoms with E-state index < -0.39 is 0 Å². The van der Waals surface area contributed by atoms with Crippen molar-refractivity contribution in [3.05, 3.63) is 71.0 Å². The van der Waals surface area contributed by atoms with E-state index in [0.29, 0.717) is 23.7 Å². The lowest BCUT2D eigenvalue weighted by Crippen LogP contribution is -2.25. The van der Waals surface area contributed by atoms with Gasteiger partial charge in [-0.25, -0.2) is 10.2 Å². The Morgan fingerprint density at radius 2 is 1.91 bits per heavy atom. The zero-order valence-electron chi connectivity index (χ0n) is 19.3. The van der Waals surface area contributed by atoms with Crippen LogP contribution in [0.25, 0.3) is 5.69 Å². The summed E-state index contributed by atoms with van der Waals surface area (Å²) in [5, 5.41) is 7.12. The van der Waals surface area contributed by atoms with Crippen molar-refractivity contribution >= 4 is 23.8 Å². The molecule has 2 heterocycles. The summed E-state index contributed by atoms with van der Waals surface area (Å²) in [6, 6.07) is 14.6. The molecule has 1 aliphatic rings. The molecule has 0 saturated carbocycles. The number of carbonyl (C=O) groups is 2. The number of hydrogen-bond acceptors (Lipinski definition) is 7. The van der Waals surface area contributed by atoms with Crippen LogP contribution in [-0.4, -0.2) is 42.6 Å². The quantitative estimate of drug-likeness (QED) is 0.301. The number of esters is 1. The normalized spacial score (nSPS) is 12.1. The van der Waals surface area contributed by atoms with Crippen molar-refractivity contribution in [3.8, 4) is 17.2 Å². The summed E-state index contributed by atoms with van der Waals surface area (Å²) in [5.74, 6) is 0.656. The predicted octanol–water partition coefficient (Wildman–Crippen LogP) is 3.56. The van der Waals surface area contributed by atoms with Gasteiger partial charge in [-0.1, -0.05) is 12.1 Å². The lowest BCUT2D eigenvalue weighted by molar-refractivity contribution is -0.119. The molecule has 0 unspecified atom stereocenters. The average Bonchev–Trinajstić information content (AvgIpc) is 3.41. The molecular weight excluding hydrogens is 436 g/mol. The third kappa shape index (κ3) is 4.88. The molecule has 0 fully saturated rings. The van der Waals surface area contributed by atoms with E-state index in [-0.39, 0.29) is 25.2 Å². The molecule has 0 saturated heterocycles. The van der Waals surface area contributed by atoms with Gasteiger partial charge in [0.1, 0.15) is 0 Å². The predicted molar refractivity (Wildman–Crippen MR) is 128 cm³/mol. The summed E-state index contributed by atoms with van der Waals surface area (Å²) in [5.41, 5.74) is 7.10. The van der Waals surface area contributed by atoms with Gasteiger partial charge < -0.3 is 24.1 Å². The van der Waals surface area contributed by atoms with Crippen LogP contribution in [0.2, 0.25) is 0 Å². The van der Waals surface area contributed by atoms with Crippen LogP contribution in [0.1, 0.15) is 34.2 Å². The molecule has 4 rings (SSSR count). The number of benzene rings is 2. The maximum absolute atomic E-state index is 12.4. The van der Waals surface area contributed by atoms with Crippen LogP contribution in [0.4, 0.5) is 5.69 Å². The zero-order chi connectivity index (χ0) is 24.1. The highest BCUT2D eigenvalue weighted by Crippen LogP contribution is 2.34. The minimum absolute atomic E-state index is 0.0446. The molecule has 9 heteroatoms. The number of hydrogen-bond donors (Lipinski definition) is 2. The van der Waals surface area contributed by atoms with E-state index in [1.54, 1.807) is 37.4 Å². The van der Waals surface area contributed by atoms with Gasteiger partial charge in [0, 0.05) is 28.7 Å². The number of aryl methyl sites for hydroxylation is 1. The summed E-state index contributed by atoms with van der Waals surface area (Å²) in [4.78, 5) is 24.6. The van der Waals surface area contributed by atoms with Crippen molar-refractivity contribution in [2.24, 2.45) is 5.10 Å². The fourth-order valence-electron chi connectivity index (χ4n) is 3.74. The monoisotopic (exact) mass is 462 g/mol. The molecule has 1 aromatic heterocycles. The molecule has 3 aromatic rings. The summed E-state index contributed by atoms with van der Waals surface area (Å²) >= 11 is 0. The number of aromatic nitrogens is 1. The van der Waals surface area contributed by atoms with E-state index in [1.165, 1.54) is 0 Å². The minimum Gasteiger partial charge on any atom is -0.462 e. The third-order valence-electron chi connectivity index (χ3n) is 5.33. The number of anilines is 1. The molecule has 0 radical (unpaired) electrons. The van der Waals surface area contributed by atoms with Crippen LogP contribution < -0.4 is 20.2 Å². The van der Waals surface area contributed by atoms with Crippen LogP contribution in [-0.2, 0) is 9.53 Å². The average molecular weight is 463 g/mol. The van der Waals surface area contributed by atoms with Crippen molar-refractivity contribution in [3.63, 3.8) is 0 Å². The first-order valence-electron chi connectivity index (χ1n) is 10.9. The number of carbonyl (C=O) groups excluding carboxylic acids is 2. The maximum Gasteiger partial charge on any atom is 0.340 e. The molecule has 2 N–H and O–H groups in total. The van der Waals surface area contributed by atoms with Gasteiger partial charge in [-0.05, 0) is 51.1 Å². The number of nitrogens with one attached hydrogen (secondary N) is 2. The molecule has 1 amide bonds. The van der Waals surface area contributed by atoms with Crippen molar-refractivity contribution < 1.29 is 23.8 Å². The largest absolute Gasteiger partial charge is 0.462 e. The summed E-state index contributed by atoms with van der Waals surface area (Å²) in [7, 11) is 0. The van der Waals surface area contributed by atoms with Gasteiger partial charge in [-0.2, -0.15) is 5.10 Å². The molecule has 1 aliphatic heterocycles. The molecule has 34 heavy (non-hydrogen) atoms. The Hall–Kier alpha value is -4.27. The summed E-state index contributed by atoms with van der Waals surface area (Å²) in [6.45, 7) is 6.20. The SMILES string of the molecule is CCOC(=O)c1ccccc1-n1c(C)cc(/C=N\NC(=O)CNc2ccc3c(c2)OCO3)c1C. The second-order valence-electron chi connectivity index (χ2n) is 7.61.